The third kappa shape index (κ3) is 22.6. The van der Waals surface area contributed by atoms with Crippen molar-refractivity contribution in [1.82, 2.24) is 0 Å². The molecule has 2 N–H and O–H groups in total. The number of aliphatic hydroxyl groups is 1. The standard InChI is InChI=1S/C26H47BrO6/c27-20-14-19-26(32)33-24(16-11-7-2-1-3-9-13-18-25(30)31)17-12-8-5-4-6-10-15-23(21-28)22-29/h21,23-24,29H,1-20,22H2,(H,30,31). The van der Waals surface area contributed by atoms with Gasteiger partial charge in [0.1, 0.15) is 12.4 Å². The number of esters is 1. The number of aldehydes is 1. The second kappa shape index (κ2) is 24.2. The Hall–Kier alpha value is -0.950. The predicted molar refractivity (Wildman–Crippen MR) is 136 cm³/mol. The number of rotatable bonds is 25. The number of hydrogen-bond acceptors (Lipinski definition) is 5. The summed E-state index contributed by atoms with van der Waals surface area (Å²) in [6.07, 6.45) is 18.9. The third-order valence-corrected chi connectivity index (χ3v) is 6.57. The quantitative estimate of drug-likeness (QED) is 0.0592. The van der Waals surface area contributed by atoms with Crippen LogP contribution in [-0.2, 0) is 19.1 Å². The summed E-state index contributed by atoms with van der Waals surface area (Å²) in [5, 5.41) is 18.5. The van der Waals surface area contributed by atoms with Gasteiger partial charge in [0.15, 0.2) is 0 Å². The first-order chi connectivity index (χ1) is 16.0. The molecule has 0 rings (SSSR count). The normalized spacial score (nSPS) is 12.9. The highest BCUT2D eigenvalue weighted by Gasteiger charge is 2.14. The summed E-state index contributed by atoms with van der Waals surface area (Å²) in [5.41, 5.74) is 0. The lowest BCUT2D eigenvalue weighted by molar-refractivity contribution is -0.150. The molecule has 2 unspecified atom stereocenters. The van der Waals surface area contributed by atoms with Gasteiger partial charge in [-0.15, -0.1) is 0 Å². The number of carbonyl (C=O) groups is 3. The molecular formula is C26H47BrO6. The zero-order chi connectivity index (χ0) is 24.6. The van der Waals surface area contributed by atoms with E-state index < -0.39 is 5.97 Å². The zero-order valence-electron chi connectivity index (χ0n) is 20.5. The number of carboxylic acids is 1. The number of carbonyl (C=O) groups excluding carboxylic acids is 2. The maximum atomic E-state index is 12.1. The van der Waals surface area contributed by atoms with Gasteiger partial charge in [-0.25, -0.2) is 0 Å². The van der Waals surface area contributed by atoms with Crippen molar-refractivity contribution < 1.29 is 29.3 Å². The SMILES string of the molecule is O=CC(CO)CCCCCCCCC(CCCCCCCCCC(=O)O)OC(=O)CCCBr. The fourth-order valence-electron chi connectivity index (χ4n) is 3.94. The summed E-state index contributed by atoms with van der Waals surface area (Å²) in [4.78, 5) is 33.3. The van der Waals surface area contributed by atoms with E-state index in [1.54, 1.807) is 0 Å². The van der Waals surface area contributed by atoms with Gasteiger partial charge in [0.2, 0.25) is 0 Å². The van der Waals surface area contributed by atoms with Crippen LogP contribution < -0.4 is 0 Å². The molecule has 0 aliphatic carbocycles. The topological polar surface area (TPSA) is 101 Å². The molecule has 0 aromatic carbocycles. The minimum atomic E-state index is -0.711. The van der Waals surface area contributed by atoms with E-state index in [4.69, 9.17) is 14.9 Å². The molecule has 0 aromatic heterocycles. The predicted octanol–water partition coefficient (Wildman–Crippen LogP) is 6.60. The van der Waals surface area contributed by atoms with Crippen molar-refractivity contribution in [2.75, 3.05) is 11.9 Å². The highest BCUT2D eigenvalue weighted by atomic mass is 79.9. The molecule has 0 saturated carbocycles. The number of hydrogen-bond donors (Lipinski definition) is 2. The highest BCUT2D eigenvalue weighted by Crippen LogP contribution is 2.18. The lowest BCUT2D eigenvalue weighted by Crippen LogP contribution is -2.18. The minimum absolute atomic E-state index is 0.0151. The van der Waals surface area contributed by atoms with E-state index in [0.29, 0.717) is 6.42 Å². The van der Waals surface area contributed by atoms with Gasteiger partial charge in [-0.1, -0.05) is 80.1 Å². The lowest BCUT2D eigenvalue weighted by atomic mass is 10.00. The fraction of sp³-hybridized carbons (Fsp3) is 0.885. The Kier molecular flexibility index (Phi) is 23.5. The molecule has 194 valence electrons. The molecule has 0 spiro atoms. The molecule has 7 heteroatoms. The van der Waals surface area contributed by atoms with Crippen molar-refractivity contribution in [3.63, 3.8) is 0 Å². The largest absolute Gasteiger partial charge is 0.481 e. The average molecular weight is 536 g/mol. The van der Waals surface area contributed by atoms with E-state index in [2.05, 4.69) is 15.9 Å². The molecule has 0 aliphatic rings. The van der Waals surface area contributed by atoms with Gasteiger partial charge >= 0.3 is 11.9 Å². The Morgan fingerprint density at radius 2 is 1.21 bits per heavy atom. The number of ether oxygens (including phenoxy) is 1. The molecule has 33 heavy (non-hydrogen) atoms. The van der Waals surface area contributed by atoms with E-state index in [9.17, 15) is 14.4 Å². The Balaban J connectivity index is 3.96. The van der Waals surface area contributed by atoms with Gasteiger partial charge in [-0.3, -0.25) is 9.59 Å². The summed E-state index contributed by atoms with van der Waals surface area (Å²) in [6.45, 7) is -0.0496. The second-order valence-corrected chi connectivity index (χ2v) is 9.88. The van der Waals surface area contributed by atoms with Gasteiger partial charge < -0.3 is 19.7 Å². The van der Waals surface area contributed by atoms with Crippen LogP contribution in [0.3, 0.4) is 0 Å². The van der Waals surface area contributed by atoms with E-state index in [1.165, 1.54) is 0 Å². The van der Waals surface area contributed by atoms with Crippen molar-refractivity contribution in [3.8, 4) is 0 Å². The monoisotopic (exact) mass is 534 g/mol. The summed E-state index contributed by atoms with van der Waals surface area (Å²) in [6, 6.07) is 0. The summed E-state index contributed by atoms with van der Waals surface area (Å²) < 4.78 is 5.76. The number of aliphatic carboxylic acids is 1. The Labute approximate surface area is 209 Å². The average Bonchev–Trinajstić information content (AvgIpc) is 2.80. The summed E-state index contributed by atoms with van der Waals surface area (Å²) >= 11 is 3.36. The van der Waals surface area contributed by atoms with E-state index in [0.717, 1.165) is 121 Å². The molecular weight excluding hydrogens is 488 g/mol. The van der Waals surface area contributed by atoms with E-state index >= 15 is 0 Å². The number of alkyl halides is 1. The number of halogens is 1. The van der Waals surface area contributed by atoms with Crippen LogP contribution in [0.25, 0.3) is 0 Å². The second-order valence-electron chi connectivity index (χ2n) is 9.09. The smallest absolute Gasteiger partial charge is 0.306 e. The molecule has 0 radical (unpaired) electrons. The van der Waals surface area contributed by atoms with E-state index in [-0.39, 0.29) is 31.0 Å². The molecule has 0 bridgehead atoms. The number of unbranched alkanes of at least 4 members (excludes halogenated alkanes) is 11. The van der Waals surface area contributed by atoms with Gasteiger partial charge in [-0.05, 0) is 44.9 Å². The fourth-order valence-corrected chi connectivity index (χ4v) is 4.22. The Bertz CT molecular complexity index is 485. The zero-order valence-corrected chi connectivity index (χ0v) is 22.1. The van der Waals surface area contributed by atoms with Crippen LogP contribution in [0.1, 0.15) is 122 Å². The third-order valence-electron chi connectivity index (χ3n) is 6.01. The summed E-state index contributed by atoms with van der Waals surface area (Å²) in [7, 11) is 0. The van der Waals surface area contributed by atoms with Crippen molar-refractivity contribution in [2.45, 2.75) is 128 Å². The number of aliphatic hydroxyl groups excluding tert-OH is 1. The van der Waals surface area contributed by atoms with Crippen molar-refractivity contribution in [3.05, 3.63) is 0 Å². The summed E-state index contributed by atoms with van der Waals surface area (Å²) in [5.74, 6) is -1.01. The Morgan fingerprint density at radius 1 is 0.727 bits per heavy atom. The van der Waals surface area contributed by atoms with Crippen LogP contribution in [0.5, 0.6) is 0 Å². The van der Waals surface area contributed by atoms with Gasteiger partial charge in [0, 0.05) is 24.1 Å². The van der Waals surface area contributed by atoms with Crippen LogP contribution in [0.2, 0.25) is 0 Å². The lowest BCUT2D eigenvalue weighted by Gasteiger charge is -2.18. The molecule has 0 aromatic rings. The molecule has 2 atom stereocenters. The van der Waals surface area contributed by atoms with Gasteiger partial charge in [-0.2, -0.15) is 0 Å². The number of carboxylic acid groups (broad SMARTS) is 1. The van der Waals surface area contributed by atoms with E-state index in [1.807, 2.05) is 0 Å². The maximum Gasteiger partial charge on any atom is 0.306 e. The van der Waals surface area contributed by atoms with Gasteiger partial charge in [0.25, 0.3) is 0 Å². The first-order valence-corrected chi connectivity index (χ1v) is 14.2. The van der Waals surface area contributed by atoms with Crippen molar-refractivity contribution in [1.29, 1.82) is 0 Å². The van der Waals surface area contributed by atoms with Gasteiger partial charge in [0.05, 0.1) is 6.61 Å². The van der Waals surface area contributed by atoms with Crippen molar-refractivity contribution >= 4 is 34.2 Å². The van der Waals surface area contributed by atoms with Crippen LogP contribution in [0, 0.1) is 5.92 Å². The molecule has 0 heterocycles. The minimum Gasteiger partial charge on any atom is -0.481 e. The molecule has 0 saturated heterocycles. The Morgan fingerprint density at radius 3 is 1.67 bits per heavy atom. The first kappa shape index (κ1) is 32.0. The van der Waals surface area contributed by atoms with Crippen LogP contribution in [0.4, 0.5) is 0 Å². The molecule has 0 amide bonds. The maximum absolute atomic E-state index is 12.1. The molecule has 6 nitrogen and oxygen atoms in total. The highest BCUT2D eigenvalue weighted by molar-refractivity contribution is 9.09. The van der Waals surface area contributed by atoms with Crippen LogP contribution >= 0.6 is 15.9 Å². The van der Waals surface area contributed by atoms with Crippen LogP contribution in [0.15, 0.2) is 0 Å². The molecule has 0 aliphatic heterocycles. The molecule has 0 fully saturated rings. The van der Waals surface area contributed by atoms with Crippen molar-refractivity contribution in [2.24, 2.45) is 5.92 Å². The first-order valence-electron chi connectivity index (χ1n) is 13.1. The van der Waals surface area contributed by atoms with Crippen LogP contribution in [-0.4, -0.2) is 46.5 Å².